The number of nitrogens with one attached hydrogen (secondary N) is 1. The van der Waals surface area contributed by atoms with Crippen LogP contribution < -0.4 is 10.1 Å². The Kier molecular flexibility index (Phi) is 9.32. The summed E-state index contributed by atoms with van der Waals surface area (Å²) in [5.74, 6) is 0.190. The van der Waals surface area contributed by atoms with E-state index in [-0.39, 0.29) is 18.4 Å². The molecule has 0 aromatic heterocycles. The van der Waals surface area contributed by atoms with Gasteiger partial charge in [0.1, 0.15) is 11.8 Å². The SMILES string of the molecule is O=C(NCCC1=CCCCC1)[C@@H](c1ccccc1)N(Cc1ccccc1)C(=O)COc1ccccc1. The molecule has 0 radical (unpaired) electrons. The molecule has 1 atom stereocenters. The molecular weight excluding hydrogens is 448 g/mol. The molecular formula is C31H34N2O3. The normalized spacial score (nSPS) is 13.8. The van der Waals surface area contributed by atoms with Crippen LogP contribution in [0.5, 0.6) is 5.75 Å². The fourth-order valence-corrected chi connectivity index (χ4v) is 4.53. The van der Waals surface area contributed by atoms with Crippen LogP contribution in [0.1, 0.15) is 49.3 Å². The van der Waals surface area contributed by atoms with Crippen molar-refractivity contribution in [1.29, 1.82) is 0 Å². The van der Waals surface area contributed by atoms with Gasteiger partial charge in [0.2, 0.25) is 5.91 Å². The number of carbonyl (C=O) groups excluding carboxylic acids is 2. The highest BCUT2D eigenvalue weighted by atomic mass is 16.5. The first-order valence-electron chi connectivity index (χ1n) is 12.7. The summed E-state index contributed by atoms with van der Waals surface area (Å²) in [5.41, 5.74) is 3.13. The fourth-order valence-electron chi connectivity index (χ4n) is 4.53. The van der Waals surface area contributed by atoms with E-state index >= 15 is 0 Å². The van der Waals surface area contributed by atoms with Crippen LogP contribution in [0.3, 0.4) is 0 Å². The summed E-state index contributed by atoms with van der Waals surface area (Å²) < 4.78 is 5.78. The van der Waals surface area contributed by atoms with Gasteiger partial charge in [0.05, 0.1) is 0 Å². The van der Waals surface area contributed by atoms with Gasteiger partial charge in [-0.3, -0.25) is 9.59 Å². The monoisotopic (exact) mass is 482 g/mol. The van der Waals surface area contributed by atoms with Gasteiger partial charge in [-0.25, -0.2) is 0 Å². The van der Waals surface area contributed by atoms with Crippen LogP contribution in [-0.4, -0.2) is 29.9 Å². The van der Waals surface area contributed by atoms with Gasteiger partial charge in [-0.15, -0.1) is 0 Å². The van der Waals surface area contributed by atoms with E-state index in [4.69, 9.17) is 4.74 Å². The van der Waals surface area contributed by atoms with Crippen LogP contribution in [-0.2, 0) is 16.1 Å². The van der Waals surface area contributed by atoms with Crippen LogP contribution in [0.15, 0.2) is 103 Å². The number of hydrogen-bond donors (Lipinski definition) is 1. The first kappa shape index (κ1) is 25.2. The topological polar surface area (TPSA) is 58.6 Å². The average Bonchev–Trinajstić information content (AvgIpc) is 2.94. The van der Waals surface area contributed by atoms with Crippen molar-refractivity contribution in [2.75, 3.05) is 13.2 Å². The number of hydrogen-bond acceptors (Lipinski definition) is 3. The Hall–Kier alpha value is -3.86. The predicted octanol–water partition coefficient (Wildman–Crippen LogP) is 5.84. The lowest BCUT2D eigenvalue weighted by molar-refractivity contribution is -0.143. The molecule has 36 heavy (non-hydrogen) atoms. The van der Waals surface area contributed by atoms with Crippen molar-refractivity contribution in [3.05, 3.63) is 114 Å². The van der Waals surface area contributed by atoms with E-state index in [0.717, 1.165) is 30.4 Å². The lowest BCUT2D eigenvalue weighted by atomic mass is 9.97. The average molecular weight is 483 g/mol. The molecule has 0 fully saturated rings. The smallest absolute Gasteiger partial charge is 0.261 e. The van der Waals surface area contributed by atoms with Crippen molar-refractivity contribution >= 4 is 11.8 Å². The van der Waals surface area contributed by atoms with E-state index < -0.39 is 6.04 Å². The minimum atomic E-state index is -0.765. The largest absolute Gasteiger partial charge is 0.484 e. The third-order valence-electron chi connectivity index (χ3n) is 6.43. The number of allylic oxidation sites excluding steroid dienone is 1. The second kappa shape index (κ2) is 13.3. The summed E-state index contributed by atoms with van der Waals surface area (Å²) >= 11 is 0. The van der Waals surface area contributed by atoms with Gasteiger partial charge in [0.15, 0.2) is 6.61 Å². The number of nitrogens with zero attached hydrogens (tertiary/aromatic N) is 1. The molecule has 1 aliphatic rings. The number of amides is 2. The van der Waals surface area contributed by atoms with E-state index in [9.17, 15) is 9.59 Å². The van der Waals surface area contributed by atoms with Crippen molar-refractivity contribution in [2.24, 2.45) is 0 Å². The first-order chi connectivity index (χ1) is 17.7. The van der Waals surface area contributed by atoms with E-state index in [0.29, 0.717) is 18.8 Å². The number of para-hydroxylation sites is 1. The minimum absolute atomic E-state index is 0.152. The Morgan fingerprint density at radius 1 is 0.861 bits per heavy atom. The molecule has 2 amide bonds. The van der Waals surface area contributed by atoms with Gasteiger partial charge in [0, 0.05) is 13.1 Å². The van der Waals surface area contributed by atoms with Crippen molar-refractivity contribution in [3.63, 3.8) is 0 Å². The van der Waals surface area contributed by atoms with Crippen molar-refractivity contribution in [3.8, 4) is 5.75 Å². The van der Waals surface area contributed by atoms with Crippen LogP contribution in [0.25, 0.3) is 0 Å². The molecule has 5 nitrogen and oxygen atoms in total. The molecule has 0 unspecified atom stereocenters. The summed E-state index contributed by atoms with van der Waals surface area (Å²) in [6.07, 6.45) is 7.83. The second-order valence-corrected chi connectivity index (χ2v) is 9.07. The molecule has 3 aromatic carbocycles. The maximum Gasteiger partial charge on any atom is 0.261 e. The van der Waals surface area contributed by atoms with Crippen LogP contribution in [0.2, 0.25) is 0 Å². The van der Waals surface area contributed by atoms with Crippen molar-refractivity contribution < 1.29 is 14.3 Å². The summed E-state index contributed by atoms with van der Waals surface area (Å²) in [4.78, 5) is 28.8. The lowest BCUT2D eigenvalue weighted by Gasteiger charge is -2.31. The summed E-state index contributed by atoms with van der Waals surface area (Å²) in [5, 5.41) is 3.11. The van der Waals surface area contributed by atoms with Gasteiger partial charge < -0.3 is 15.0 Å². The standard InChI is InChI=1S/C31H34N2O3/c34-29(24-36-28-19-11-4-12-20-28)33(23-26-15-7-2-8-16-26)30(27-17-9-3-10-18-27)31(35)32-22-21-25-13-5-1-6-14-25/h2-4,7-13,15-20,30H,1,5-6,14,21-24H2,(H,32,35)/t30-/m1/s1. The van der Waals surface area contributed by atoms with Crippen LogP contribution in [0.4, 0.5) is 0 Å². The molecule has 0 heterocycles. The molecule has 0 aliphatic heterocycles. The third kappa shape index (κ3) is 7.32. The van der Waals surface area contributed by atoms with Gasteiger partial charge >= 0.3 is 0 Å². The van der Waals surface area contributed by atoms with Gasteiger partial charge in [-0.1, -0.05) is 90.5 Å². The summed E-state index contributed by atoms with van der Waals surface area (Å²) in [6, 6.07) is 27.7. The summed E-state index contributed by atoms with van der Waals surface area (Å²) in [6.45, 7) is 0.707. The van der Waals surface area contributed by atoms with Gasteiger partial charge in [-0.05, 0) is 55.4 Å². The Morgan fingerprint density at radius 3 is 2.19 bits per heavy atom. The van der Waals surface area contributed by atoms with Crippen molar-refractivity contribution in [1.82, 2.24) is 10.2 Å². The van der Waals surface area contributed by atoms with E-state index in [1.165, 1.54) is 18.4 Å². The fraction of sp³-hybridized carbons (Fsp3) is 0.290. The maximum absolute atomic E-state index is 13.6. The molecule has 0 saturated heterocycles. The number of ether oxygens (including phenoxy) is 1. The Labute approximate surface area is 213 Å². The molecule has 1 aliphatic carbocycles. The third-order valence-corrected chi connectivity index (χ3v) is 6.43. The highest BCUT2D eigenvalue weighted by Crippen LogP contribution is 2.25. The molecule has 0 bridgehead atoms. The van der Waals surface area contributed by atoms with Crippen molar-refractivity contribution in [2.45, 2.75) is 44.7 Å². The van der Waals surface area contributed by atoms with E-state index in [2.05, 4.69) is 11.4 Å². The number of rotatable bonds is 11. The summed E-state index contributed by atoms with van der Waals surface area (Å²) in [7, 11) is 0. The van der Waals surface area contributed by atoms with E-state index in [1.54, 1.807) is 4.90 Å². The number of benzene rings is 3. The quantitative estimate of drug-likeness (QED) is 0.349. The zero-order chi connectivity index (χ0) is 25.0. The van der Waals surface area contributed by atoms with Gasteiger partial charge in [0.25, 0.3) is 5.91 Å². The van der Waals surface area contributed by atoms with Crippen LogP contribution >= 0.6 is 0 Å². The zero-order valence-corrected chi connectivity index (χ0v) is 20.6. The molecule has 1 N–H and O–H groups in total. The minimum Gasteiger partial charge on any atom is -0.484 e. The Bertz CT molecular complexity index is 1130. The van der Waals surface area contributed by atoms with Crippen LogP contribution in [0, 0.1) is 0 Å². The zero-order valence-electron chi connectivity index (χ0n) is 20.6. The molecule has 3 aromatic rings. The molecule has 4 rings (SSSR count). The molecule has 186 valence electrons. The lowest BCUT2D eigenvalue weighted by Crippen LogP contribution is -2.45. The predicted molar refractivity (Wildman–Crippen MR) is 142 cm³/mol. The highest BCUT2D eigenvalue weighted by Gasteiger charge is 2.31. The van der Waals surface area contributed by atoms with E-state index in [1.807, 2.05) is 91.0 Å². The highest BCUT2D eigenvalue weighted by molar-refractivity contribution is 5.89. The maximum atomic E-state index is 13.6. The Balaban J connectivity index is 1.55. The molecule has 0 saturated carbocycles. The van der Waals surface area contributed by atoms with Gasteiger partial charge in [-0.2, -0.15) is 0 Å². The second-order valence-electron chi connectivity index (χ2n) is 9.07. The first-order valence-corrected chi connectivity index (χ1v) is 12.7. The molecule has 5 heteroatoms. The number of carbonyl (C=O) groups is 2. The Morgan fingerprint density at radius 2 is 1.53 bits per heavy atom. The molecule has 0 spiro atoms.